The Labute approximate surface area is 170 Å². The number of halogens is 2. The first-order valence-electron chi connectivity index (χ1n) is 9.36. The van der Waals surface area contributed by atoms with E-state index in [1.807, 2.05) is 18.2 Å². The molecule has 29 heavy (non-hydrogen) atoms. The Balaban J connectivity index is 1.37. The molecule has 0 bridgehead atoms. The van der Waals surface area contributed by atoms with Crippen LogP contribution >= 0.6 is 11.6 Å². The average Bonchev–Trinajstić information content (AvgIpc) is 3.48. The van der Waals surface area contributed by atoms with Crippen molar-refractivity contribution in [3.8, 4) is 11.4 Å². The Bertz CT molecular complexity index is 1280. The number of fused-ring (bicyclic) bond motifs is 1. The number of aromatic nitrogens is 3. The zero-order valence-corrected chi connectivity index (χ0v) is 16.1. The van der Waals surface area contributed by atoms with Gasteiger partial charge in [0.1, 0.15) is 24.0 Å². The normalized spacial score (nSPS) is 13.7. The number of rotatable bonds is 5. The number of imidazole rings is 1. The van der Waals surface area contributed by atoms with Gasteiger partial charge in [-0.2, -0.15) is 0 Å². The molecule has 0 radical (unpaired) electrons. The maximum absolute atomic E-state index is 13.5. The van der Waals surface area contributed by atoms with Gasteiger partial charge in [-0.15, -0.1) is 0 Å². The number of nitrogens with zero attached hydrogens (tertiary/aromatic N) is 2. The lowest BCUT2D eigenvalue weighted by atomic mass is 10.2. The summed E-state index contributed by atoms with van der Waals surface area (Å²) in [6, 6.07) is 13.3. The van der Waals surface area contributed by atoms with Crippen molar-refractivity contribution in [1.82, 2.24) is 14.5 Å². The van der Waals surface area contributed by atoms with Crippen LogP contribution in [0.4, 0.5) is 4.39 Å². The summed E-state index contributed by atoms with van der Waals surface area (Å²) in [6.07, 6.45) is 4.02. The molecule has 0 saturated heterocycles. The largest absolute Gasteiger partial charge is 0.489 e. The number of ether oxygens (including phenoxy) is 1. The Hall–Kier alpha value is -3.12. The van der Waals surface area contributed by atoms with Crippen molar-refractivity contribution >= 4 is 22.6 Å². The first-order chi connectivity index (χ1) is 14.1. The van der Waals surface area contributed by atoms with Crippen LogP contribution in [0.15, 0.2) is 59.5 Å². The van der Waals surface area contributed by atoms with E-state index < -0.39 is 5.82 Å². The molecule has 5 nitrogen and oxygen atoms in total. The minimum atomic E-state index is -0.498. The highest BCUT2D eigenvalue weighted by atomic mass is 35.5. The van der Waals surface area contributed by atoms with E-state index in [9.17, 15) is 9.18 Å². The lowest BCUT2D eigenvalue weighted by Gasteiger charge is -2.09. The molecular weight excluding hydrogens is 393 g/mol. The van der Waals surface area contributed by atoms with E-state index in [1.165, 1.54) is 31.0 Å². The second kappa shape index (κ2) is 7.04. The van der Waals surface area contributed by atoms with Crippen LogP contribution in [-0.2, 0) is 6.61 Å². The van der Waals surface area contributed by atoms with Gasteiger partial charge >= 0.3 is 0 Å². The van der Waals surface area contributed by atoms with E-state index in [1.54, 1.807) is 22.9 Å². The fourth-order valence-corrected chi connectivity index (χ4v) is 3.39. The van der Waals surface area contributed by atoms with E-state index in [2.05, 4.69) is 9.97 Å². The molecular formula is C22H17ClFN3O2. The summed E-state index contributed by atoms with van der Waals surface area (Å²) in [5, 5.41) is 0.0647. The van der Waals surface area contributed by atoms with E-state index in [4.69, 9.17) is 16.3 Å². The molecule has 1 saturated carbocycles. The average molecular weight is 410 g/mol. The minimum absolute atomic E-state index is 0.0647. The van der Waals surface area contributed by atoms with Gasteiger partial charge in [0.2, 0.25) is 0 Å². The first-order valence-corrected chi connectivity index (χ1v) is 9.74. The molecule has 146 valence electrons. The summed E-state index contributed by atoms with van der Waals surface area (Å²) in [5.41, 5.74) is 2.98. The predicted molar refractivity (Wildman–Crippen MR) is 109 cm³/mol. The molecule has 2 heterocycles. The van der Waals surface area contributed by atoms with Crippen molar-refractivity contribution in [3.63, 3.8) is 0 Å². The lowest BCUT2D eigenvalue weighted by Crippen LogP contribution is -2.16. The molecule has 5 rings (SSSR count). The molecule has 0 spiro atoms. The number of pyridine rings is 1. The van der Waals surface area contributed by atoms with Crippen LogP contribution in [0.3, 0.4) is 0 Å². The standard InChI is InChI=1S/C22H17ClFN3O2/c23-17-5-1-13(9-18(17)24)12-29-16-7-8-27(21(28)11-16)15-4-6-19-20(10-15)26-22(25-19)14-2-3-14/h1,4-11,14H,2-3,12H2,(H,25,26). The third-order valence-corrected chi connectivity index (χ3v) is 5.31. The highest BCUT2D eigenvalue weighted by Gasteiger charge is 2.26. The molecule has 2 aromatic heterocycles. The van der Waals surface area contributed by atoms with Gasteiger partial charge in [0.05, 0.1) is 21.7 Å². The second-order valence-electron chi connectivity index (χ2n) is 7.21. The highest BCUT2D eigenvalue weighted by molar-refractivity contribution is 6.30. The number of aromatic amines is 1. The van der Waals surface area contributed by atoms with E-state index >= 15 is 0 Å². The second-order valence-corrected chi connectivity index (χ2v) is 7.61. The molecule has 1 aliphatic rings. The number of H-pyrrole nitrogens is 1. The fourth-order valence-electron chi connectivity index (χ4n) is 3.28. The van der Waals surface area contributed by atoms with Crippen molar-refractivity contribution in [2.45, 2.75) is 25.4 Å². The zero-order valence-electron chi connectivity index (χ0n) is 15.4. The van der Waals surface area contributed by atoms with Crippen LogP contribution < -0.4 is 10.3 Å². The summed E-state index contributed by atoms with van der Waals surface area (Å²) >= 11 is 5.68. The maximum Gasteiger partial charge on any atom is 0.258 e. The van der Waals surface area contributed by atoms with Gasteiger partial charge < -0.3 is 9.72 Å². The zero-order chi connectivity index (χ0) is 20.0. The number of benzene rings is 2. The third-order valence-electron chi connectivity index (χ3n) is 5.01. The third kappa shape index (κ3) is 3.63. The first kappa shape index (κ1) is 17.9. The van der Waals surface area contributed by atoms with E-state index in [0.29, 0.717) is 17.2 Å². The molecule has 7 heteroatoms. The van der Waals surface area contributed by atoms with Crippen LogP contribution in [0.1, 0.15) is 30.1 Å². The van der Waals surface area contributed by atoms with Crippen LogP contribution in [-0.4, -0.2) is 14.5 Å². The fraction of sp³-hybridized carbons (Fsp3) is 0.182. The molecule has 4 aromatic rings. The van der Waals surface area contributed by atoms with Crippen LogP contribution in [0, 0.1) is 5.82 Å². The molecule has 0 atom stereocenters. The van der Waals surface area contributed by atoms with Crippen molar-refractivity contribution < 1.29 is 9.13 Å². The van der Waals surface area contributed by atoms with Crippen molar-refractivity contribution in [2.24, 2.45) is 0 Å². The minimum Gasteiger partial charge on any atom is -0.489 e. The van der Waals surface area contributed by atoms with E-state index in [-0.39, 0.29) is 17.2 Å². The number of hydrogen-bond acceptors (Lipinski definition) is 3. The van der Waals surface area contributed by atoms with Gasteiger partial charge in [-0.3, -0.25) is 9.36 Å². The van der Waals surface area contributed by atoms with Crippen molar-refractivity contribution in [1.29, 1.82) is 0 Å². The Morgan fingerprint density at radius 2 is 2.03 bits per heavy atom. The van der Waals surface area contributed by atoms with Crippen LogP contribution in [0.5, 0.6) is 5.75 Å². The quantitative estimate of drug-likeness (QED) is 0.506. The maximum atomic E-state index is 13.5. The Morgan fingerprint density at radius 1 is 1.17 bits per heavy atom. The molecule has 0 aliphatic heterocycles. The van der Waals surface area contributed by atoms with Gasteiger partial charge in [-0.25, -0.2) is 9.37 Å². The summed E-state index contributed by atoms with van der Waals surface area (Å²) in [6.45, 7) is 0.140. The smallest absolute Gasteiger partial charge is 0.258 e. The number of nitrogens with one attached hydrogen (secondary N) is 1. The monoisotopic (exact) mass is 409 g/mol. The topological polar surface area (TPSA) is 59.9 Å². The summed E-state index contributed by atoms with van der Waals surface area (Å²) < 4.78 is 20.7. The summed E-state index contributed by atoms with van der Waals surface area (Å²) in [7, 11) is 0. The Morgan fingerprint density at radius 3 is 2.79 bits per heavy atom. The molecule has 1 N–H and O–H groups in total. The summed E-state index contributed by atoms with van der Waals surface area (Å²) in [5.74, 6) is 1.48. The molecule has 2 aromatic carbocycles. The predicted octanol–water partition coefficient (Wildman–Crippen LogP) is 4.96. The lowest BCUT2D eigenvalue weighted by molar-refractivity contribution is 0.304. The number of hydrogen-bond donors (Lipinski definition) is 1. The Kier molecular flexibility index (Phi) is 4.36. The van der Waals surface area contributed by atoms with Crippen LogP contribution in [0.2, 0.25) is 5.02 Å². The van der Waals surface area contributed by atoms with Gasteiger partial charge in [-0.1, -0.05) is 17.7 Å². The van der Waals surface area contributed by atoms with Gasteiger partial charge in [0.15, 0.2) is 0 Å². The van der Waals surface area contributed by atoms with Gasteiger partial charge in [0, 0.05) is 18.2 Å². The van der Waals surface area contributed by atoms with Crippen molar-refractivity contribution in [3.05, 3.63) is 87.3 Å². The SMILES string of the molecule is O=c1cc(OCc2ccc(Cl)c(F)c2)ccn1-c1ccc2nc(C3CC3)[nH]c2c1. The van der Waals surface area contributed by atoms with E-state index in [0.717, 1.165) is 22.5 Å². The molecule has 0 unspecified atom stereocenters. The van der Waals surface area contributed by atoms with Crippen LogP contribution in [0.25, 0.3) is 16.7 Å². The summed E-state index contributed by atoms with van der Waals surface area (Å²) in [4.78, 5) is 20.6. The molecule has 0 amide bonds. The molecule has 1 fully saturated rings. The highest BCUT2D eigenvalue weighted by Crippen LogP contribution is 2.39. The molecule has 1 aliphatic carbocycles. The van der Waals surface area contributed by atoms with Gasteiger partial charge in [0.25, 0.3) is 5.56 Å². The van der Waals surface area contributed by atoms with Gasteiger partial charge in [-0.05, 0) is 54.8 Å². The van der Waals surface area contributed by atoms with Crippen molar-refractivity contribution in [2.75, 3.05) is 0 Å².